The minimum absolute atomic E-state index is 0.0443. The number of hydrogen-bond donors (Lipinski definition) is 0. The molecule has 0 bridgehead atoms. The normalized spacial score (nSPS) is 15.2. The molecule has 1 aromatic heterocycles. The average Bonchev–Trinajstić information content (AvgIpc) is 3.13. The number of rotatable bonds is 3. The number of nitrogens with zero attached hydrogens (tertiary/aromatic N) is 3. The number of fused-ring (bicyclic) bond motifs is 5. The van der Waals surface area contributed by atoms with E-state index in [0.29, 0.717) is 0 Å². The van der Waals surface area contributed by atoms with Crippen molar-refractivity contribution in [2.24, 2.45) is 0 Å². The molecule has 0 spiro atoms. The van der Waals surface area contributed by atoms with Gasteiger partial charge in [0.25, 0.3) is 0 Å². The van der Waals surface area contributed by atoms with Gasteiger partial charge in [0.15, 0.2) is 11.5 Å². The molecule has 0 saturated carbocycles. The Bertz CT molecular complexity index is 1180. The van der Waals surface area contributed by atoms with Gasteiger partial charge in [0.2, 0.25) is 0 Å². The third-order valence-electron chi connectivity index (χ3n) is 5.44. The fraction of sp³-hybridized carbons (Fsp3) is 0.174. The third kappa shape index (κ3) is 2.29. The molecular formula is C23H21N3O2. The number of methoxy groups -OCH3 is 2. The van der Waals surface area contributed by atoms with Crippen molar-refractivity contribution in [3.8, 4) is 22.9 Å². The second-order valence-electron chi connectivity index (χ2n) is 6.91. The highest BCUT2D eigenvalue weighted by Gasteiger charge is 2.32. The summed E-state index contributed by atoms with van der Waals surface area (Å²) in [7, 11) is 5.44. The summed E-state index contributed by atoms with van der Waals surface area (Å²) in [6, 6.07) is 22.8. The van der Waals surface area contributed by atoms with Crippen LogP contribution in [0, 0.1) is 0 Å². The molecule has 0 radical (unpaired) electrons. The summed E-state index contributed by atoms with van der Waals surface area (Å²) in [6.07, 6.45) is -0.0443. The molecule has 5 nitrogen and oxygen atoms in total. The predicted molar refractivity (Wildman–Crippen MR) is 111 cm³/mol. The lowest BCUT2D eigenvalue weighted by atomic mass is 10.0. The first-order valence-corrected chi connectivity index (χ1v) is 9.24. The quantitative estimate of drug-likeness (QED) is 0.523. The molecule has 1 atom stereocenters. The summed E-state index contributed by atoms with van der Waals surface area (Å²) < 4.78 is 13.3. The lowest BCUT2D eigenvalue weighted by Crippen LogP contribution is -2.34. The Morgan fingerprint density at radius 1 is 0.857 bits per heavy atom. The maximum absolute atomic E-state index is 5.56. The first-order valence-electron chi connectivity index (χ1n) is 9.24. The van der Waals surface area contributed by atoms with E-state index in [4.69, 9.17) is 14.5 Å². The predicted octanol–water partition coefficient (Wildman–Crippen LogP) is 4.72. The highest BCUT2D eigenvalue weighted by atomic mass is 16.5. The smallest absolute Gasteiger partial charge is 0.161 e. The summed E-state index contributed by atoms with van der Waals surface area (Å²) in [5.41, 5.74) is 5.51. The van der Waals surface area contributed by atoms with Crippen LogP contribution in [-0.2, 0) is 0 Å². The molecule has 1 aliphatic heterocycles. The molecule has 0 amide bonds. The summed E-state index contributed by atoms with van der Waals surface area (Å²) in [4.78, 5) is 7.25. The first-order chi connectivity index (χ1) is 13.7. The zero-order valence-electron chi connectivity index (χ0n) is 16.1. The maximum atomic E-state index is 5.56. The van der Waals surface area contributed by atoms with Crippen LogP contribution in [0.2, 0.25) is 0 Å². The largest absolute Gasteiger partial charge is 0.493 e. The summed E-state index contributed by atoms with van der Waals surface area (Å²) in [6.45, 7) is 0. The molecule has 0 N–H and O–H groups in total. The van der Waals surface area contributed by atoms with Gasteiger partial charge in [-0.3, -0.25) is 4.57 Å². The van der Waals surface area contributed by atoms with E-state index in [1.807, 2.05) is 18.2 Å². The van der Waals surface area contributed by atoms with Crippen LogP contribution in [-0.4, -0.2) is 30.8 Å². The van der Waals surface area contributed by atoms with Gasteiger partial charge >= 0.3 is 0 Å². The van der Waals surface area contributed by atoms with Crippen molar-refractivity contribution in [3.63, 3.8) is 0 Å². The molecule has 0 saturated heterocycles. The van der Waals surface area contributed by atoms with Gasteiger partial charge in [-0.05, 0) is 42.0 Å². The van der Waals surface area contributed by atoms with Crippen LogP contribution in [0.3, 0.4) is 0 Å². The Labute approximate surface area is 163 Å². The molecule has 1 aliphatic rings. The number of ether oxygens (including phenoxy) is 2. The van der Waals surface area contributed by atoms with Gasteiger partial charge in [-0.1, -0.05) is 30.3 Å². The molecule has 0 unspecified atom stereocenters. The molecule has 4 aromatic rings. The fourth-order valence-corrected chi connectivity index (χ4v) is 4.14. The van der Waals surface area contributed by atoms with Crippen molar-refractivity contribution in [3.05, 3.63) is 72.3 Å². The van der Waals surface area contributed by atoms with Gasteiger partial charge in [-0.25, -0.2) is 4.98 Å². The first kappa shape index (κ1) is 16.7. The zero-order valence-corrected chi connectivity index (χ0v) is 16.1. The second kappa shape index (κ2) is 6.30. The van der Waals surface area contributed by atoms with E-state index >= 15 is 0 Å². The number of benzene rings is 3. The van der Waals surface area contributed by atoms with Gasteiger partial charge in [-0.15, -0.1) is 0 Å². The molecule has 28 heavy (non-hydrogen) atoms. The van der Waals surface area contributed by atoms with Crippen LogP contribution in [0.5, 0.6) is 11.5 Å². The topological polar surface area (TPSA) is 39.5 Å². The standard InChI is InChI=1S/C23H21N3O2/c1-25-18-10-6-4-8-16(18)22-24-17-9-5-7-11-19(17)26(22)23(25)15-12-13-20(27-2)21(14-15)28-3/h4-14,23H,1-3H3/t23-/m0/s1. The highest BCUT2D eigenvalue weighted by Crippen LogP contribution is 2.44. The van der Waals surface area contributed by atoms with Crippen molar-refractivity contribution in [1.82, 2.24) is 9.55 Å². The number of hydrogen-bond acceptors (Lipinski definition) is 4. The minimum Gasteiger partial charge on any atom is -0.493 e. The Hall–Kier alpha value is -3.47. The number of anilines is 1. The fourth-order valence-electron chi connectivity index (χ4n) is 4.14. The Morgan fingerprint density at radius 2 is 1.61 bits per heavy atom. The Kier molecular flexibility index (Phi) is 3.76. The van der Waals surface area contributed by atoms with Crippen LogP contribution >= 0.6 is 0 Å². The third-order valence-corrected chi connectivity index (χ3v) is 5.44. The van der Waals surface area contributed by atoms with E-state index in [2.05, 4.69) is 65.0 Å². The maximum Gasteiger partial charge on any atom is 0.161 e. The zero-order chi connectivity index (χ0) is 19.3. The van der Waals surface area contributed by atoms with Crippen molar-refractivity contribution in [2.45, 2.75) is 6.17 Å². The second-order valence-corrected chi connectivity index (χ2v) is 6.91. The van der Waals surface area contributed by atoms with Gasteiger partial charge < -0.3 is 14.4 Å². The van der Waals surface area contributed by atoms with E-state index in [0.717, 1.165) is 45.2 Å². The molecule has 0 aliphatic carbocycles. The molecular weight excluding hydrogens is 350 g/mol. The number of imidazole rings is 1. The monoisotopic (exact) mass is 371 g/mol. The van der Waals surface area contributed by atoms with Gasteiger partial charge in [-0.2, -0.15) is 0 Å². The van der Waals surface area contributed by atoms with Crippen molar-refractivity contribution in [2.75, 3.05) is 26.2 Å². The van der Waals surface area contributed by atoms with E-state index in [-0.39, 0.29) is 6.17 Å². The lowest BCUT2D eigenvalue weighted by Gasteiger charge is -2.38. The van der Waals surface area contributed by atoms with Gasteiger partial charge in [0, 0.05) is 18.3 Å². The van der Waals surface area contributed by atoms with E-state index in [1.165, 1.54) is 0 Å². The lowest BCUT2D eigenvalue weighted by molar-refractivity contribution is 0.354. The molecule has 3 aromatic carbocycles. The summed E-state index contributed by atoms with van der Waals surface area (Å²) in [5, 5.41) is 0. The van der Waals surface area contributed by atoms with Crippen LogP contribution in [0.1, 0.15) is 11.7 Å². The summed E-state index contributed by atoms with van der Waals surface area (Å²) in [5.74, 6) is 2.42. The highest BCUT2D eigenvalue weighted by molar-refractivity contribution is 5.87. The van der Waals surface area contributed by atoms with Crippen molar-refractivity contribution >= 4 is 16.7 Å². The molecule has 5 rings (SSSR count). The molecule has 140 valence electrons. The number of para-hydroxylation sites is 3. The van der Waals surface area contributed by atoms with Gasteiger partial charge in [0.05, 0.1) is 25.3 Å². The minimum atomic E-state index is -0.0443. The van der Waals surface area contributed by atoms with E-state index < -0.39 is 0 Å². The van der Waals surface area contributed by atoms with Crippen LogP contribution in [0.25, 0.3) is 22.4 Å². The van der Waals surface area contributed by atoms with Crippen molar-refractivity contribution in [1.29, 1.82) is 0 Å². The molecule has 0 fully saturated rings. The Morgan fingerprint density at radius 3 is 2.43 bits per heavy atom. The van der Waals surface area contributed by atoms with Gasteiger partial charge in [0.1, 0.15) is 12.0 Å². The van der Waals surface area contributed by atoms with Crippen LogP contribution in [0.15, 0.2) is 66.7 Å². The Balaban J connectivity index is 1.80. The number of aromatic nitrogens is 2. The van der Waals surface area contributed by atoms with E-state index in [9.17, 15) is 0 Å². The van der Waals surface area contributed by atoms with Crippen molar-refractivity contribution < 1.29 is 9.47 Å². The molecule has 2 heterocycles. The summed E-state index contributed by atoms with van der Waals surface area (Å²) >= 11 is 0. The SMILES string of the molecule is COc1ccc([C@H]2N(C)c3ccccc3-c3nc4ccccc4n32)cc1OC. The van der Waals surface area contributed by atoms with E-state index in [1.54, 1.807) is 14.2 Å². The molecule has 5 heteroatoms. The average molecular weight is 371 g/mol. The van der Waals surface area contributed by atoms with Crippen LogP contribution in [0.4, 0.5) is 5.69 Å². The van der Waals surface area contributed by atoms with Crippen LogP contribution < -0.4 is 14.4 Å².